The van der Waals surface area contributed by atoms with E-state index in [-0.39, 0.29) is 30.3 Å². The molecule has 1 N–H and O–H groups in total. The summed E-state index contributed by atoms with van der Waals surface area (Å²) in [7, 11) is 0. The van der Waals surface area contributed by atoms with E-state index in [9.17, 15) is 9.59 Å². The lowest BCUT2D eigenvalue weighted by atomic mass is 9.95. The van der Waals surface area contributed by atoms with E-state index >= 15 is 0 Å². The van der Waals surface area contributed by atoms with Gasteiger partial charge in [0.2, 0.25) is 5.89 Å². The largest absolute Gasteiger partial charge is 0.481 e. The van der Waals surface area contributed by atoms with Crippen LogP contribution in [0.25, 0.3) is 0 Å². The first-order chi connectivity index (χ1) is 13.0. The molecular weight excluding hydrogens is 348 g/mol. The minimum Gasteiger partial charge on any atom is -0.481 e. The van der Waals surface area contributed by atoms with E-state index in [0.29, 0.717) is 36.0 Å². The van der Waals surface area contributed by atoms with Crippen LogP contribution in [0, 0.1) is 0 Å². The zero-order valence-electron chi connectivity index (χ0n) is 15.4. The number of benzene rings is 1. The number of ether oxygens (including phenoxy) is 1. The van der Waals surface area contributed by atoms with Gasteiger partial charge in [-0.2, -0.15) is 4.98 Å². The first kappa shape index (κ1) is 17.5. The van der Waals surface area contributed by atoms with Crippen molar-refractivity contribution < 1.29 is 18.8 Å². The minimum atomic E-state index is -0.214. The molecule has 2 aliphatic rings. The lowest BCUT2D eigenvalue weighted by molar-refractivity contribution is -0.118. The molecule has 2 aromatic rings. The van der Waals surface area contributed by atoms with E-state index in [1.165, 1.54) is 0 Å². The van der Waals surface area contributed by atoms with Crippen LogP contribution in [-0.4, -0.2) is 46.6 Å². The fourth-order valence-corrected chi connectivity index (χ4v) is 3.44. The average Bonchev–Trinajstić information content (AvgIpc) is 3.17. The number of anilines is 1. The smallest absolute Gasteiger partial charge is 0.262 e. The van der Waals surface area contributed by atoms with Crippen molar-refractivity contribution in [1.82, 2.24) is 15.0 Å². The predicted molar refractivity (Wildman–Crippen MR) is 96.8 cm³/mol. The van der Waals surface area contributed by atoms with E-state index in [2.05, 4.69) is 15.5 Å². The van der Waals surface area contributed by atoms with Gasteiger partial charge >= 0.3 is 0 Å². The maximum Gasteiger partial charge on any atom is 0.262 e. The molecule has 0 bridgehead atoms. The van der Waals surface area contributed by atoms with Crippen LogP contribution in [0.4, 0.5) is 5.69 Å². The zero-order chi connectivity index (χ0) is 19.0. The zero-order valence-corrected chi connectivity index (χ0v) is 15.4. The standard InChI is InChI=1S/C19H22N4O4/c1-11(2)18-21-17(22-27-18)12-6-8-23(9-7-12)19(25)13-4-3-5-14-16(13)26-10-15(24)20-14/h3-5,11-12H,6-10H2,1-2H3,(H,20,24). The Labute approximate surface area is 156 Å². The van der Waals surface area contributed by atoms with Crippen molar-refractivity contribution >= 4 is 17.5 Å². The maximum absolute atomic E-state index is 13.0. The van der Waals surface area contributed by atoms with Crippen molar-refractivity contribution in [3.8, 4) is 5.75 Å². The number of carbonyl (C=O) groups is 2. The van der Waals surface area contributed by atoms with Crippen LogP contribution in [0.3, 0.4) is 0 Å². The molecule has 0 spiro atoms. The summed E-state index contributed by atoms with van der Waals surface area (Å²) in [6, 6.07) is 5.22. The van der Waals surface area contributed by atoms with Crippen LogP contribution in [-0.2, 0) is 4.79 Å². The molecule has 1 aromatic carbocycles. The molecule has 8 nitrogen and oxygen atoms in total. The first-order valence-corrected chi connectivity index (χ1v) is 9.21. The van der Waals surface area contributed by atoms with Gasteiger partial charge in [0.1, 0.15) is 0 Å². The molecule has 0 radical (unpaired) electrons. The fourth-order valence-electron chi connectivity index (χ4n) is 3.44. The number of aromatic nitrogens is 2. The number of nitrogens with zero attached hydrogens (tertiary/aromatic N) is 3. The minimum absolute atomic E-state index is 0.0740. The number of piperidine rings is 1. The van der Waals surface area contributed by atoms with Crippen molar-refractivity contribution in [2.24, 2.45) is 0 Å². The Morgan fingerprint density at radius 2 is 2.07 bits per heavy atom. The van der Waals surface area contributed by atoms with Gasteiger partial charge in [0, 0.05) is 24.9 Å². The Morgan fingerprint density at radius 3 is 2.78 bits per heavy atom. The quantitative estimate of drug-likeness (QED) is 0.892. The van der Waals surface area contributed by atoms with E-state index in [1.54, 1.807) is 18.2 Å². The highest BCUT2D eigenvalue weighted by molar-refractivity contribution is 6.03. The summed E-state index contributed by atoms with van der Waals surface area (Å²) in [6.45, 7) is 5.19. The summed E-state index contributed by atoms with van der Waals surface area (Å²) < 4.78 is 10.8. The molecule has 4 rings (SSSR count). The molecule has 8 heteroatoms. The van der Waals surface area contributed by atoms with Gasteiger partial charge in [-0.1, -0.05) is 25.1 Å². The monoisotopic (exact) mass is 370 g/mol. The third-order valence-corrected chi connectivity index (χ3v) is 4.97. The maximum atomic E-state index is 13.0. The summed E-state index contributed by atoms with van der Waals surface area (Å²) in [5, 5.41) is 6.84. The van der Waals surface area contributed by atoms with Crippen LogP contribution in [0.15, 0.2) is 22.7 Å². The highest BCUT2D eigenvalue weighted by Crippen LogP contribution is 2.34. The third-order valence-electron chi connectivity index (χ3n) is 4.97. The number of likely N-dealkylation sites (tertiary alicyclic amines) is 1. The topological polar surface area (TPSA) is 97.6 Å². The third kappa shape index (κ3) is 3.39. The summed E-state index contributed by atoms with van der Waals surface area (Å²) >= 11 is 0. The molecule has 0 unspecified atom stereocenters. The van der Waals surface area contributed by atoms with E-state index < -0.39 is 0 Å². The van der Waals surface area contributed by atoms with Crippen LogP contribution in [0.2, 0.25) is 0 Å². The highest BCUT2D eigenvalue weighted by Gasteiger charge is 2.30. The molecule has 0 saturated carbocycles. The van der Waals surface area contributed by atoms with Gasteiger partial charge in [-0.25, -0.2) is 0 Å². The Kier molecular flexibility index (Phi) is 4.55. The summed E-state index contributed by atoms with van der Waals surface area (Å²) in [4.78, 5) is 30.7. The Bertz CT molecular complexity index is 868. The second-order valence-corrected chi connectivity index (χ2v) is 7.23. The van der Waals surface area contributed by atoms with Gasteiger partial charge < -0.3 is 19.5 Å². The van der Waals surface area contributed by atoms with Crippen LogP contribution >= 0.6 is 0 Å². The number of rotatable bonds is 3. The van der Waals surface area contributed by atoms with Gasteiger partial charge in [0.25, 0.3) is 11.8 Å². The van der Waals surface area contributed by atoms with Crippen LogP contribution < -0.4 is 10.1 Å². The summed E-state index contributed by atoms with van der Waals surface area (Å²) in [5.74, 6) is 1.94. The molecule has 0 aliphatic carbocycles. The SMILES string of the molecule is CC(C)c1nc(C2CCN(C(=O)c3cccc4c3OCC(=O)N4)CC2)no1. The van der Waals surface area contributed by atoms with E-state index in [0.717, 1.165) is 18.7 Å². The van der Waals surface area contributed by atoms with Gasteiger partial charge in [0.15, 0.2) is 18.2 Å². The number of nitrogens with one attached hydrogen (secondary N) is 1. The molecule has 2 aliphatic heterocycles. The molecule has 3 heterocycles. The number of fused-ring (bicyclic) bond motifs is 1. The number of para-hydroxylation sites is 1. The van der Waals surface area contributed by atoms with Gasteiger partial charge in [-0.3, -0.25) is 9.59 Å². The molecular formula is C19H22N4O4. The molecule has 2 amide bonds. The molecule has 1 aromatic heterocycles. The highest BCUT2D eigenvalue weighted by atomic mass is 16.5. The Hall–Kier alpha value is -2.90. The van der Waals surface area contributed by atoms with Gasteiger partial charge in [-0.05, 0) is 25.0 Å². The molecule has 142 valence electrons. The Balaban J connectivity index is 1.45. The molecule has 1 saturated heterocycles. The van der Waals surface area contributed by atoms with Crippen molar-refractivity contribution in [1.29, 1.82) is 0 Å². The van der Waals surface area contributed by atoms with Crippen LogP contribution in [0.5, 0.6) is 5.75 Å². The molecule has 1 fully saturated rings. The van der Waals surface area contributed by atoms with Gasteiger partial charge in [-0.15, -0.1) is 0 Å². The lowest BCUT2D eigenvalue weighted by Gasteiger charge is -2.31. The van der Waals surface area contributed by atoms with Crippen molar-refractivity contribution in [2.75, 3.05) is 25.0 Å². The van der Waals surface area contributed by atoms with Crippen molar-refractivity contribution in [3.63, 3.8) is 0 Å². The predicted octanol–water partition coefficient (Wildman–Crippen LogP) is 2.54. The molecule has 27 heavy (non-hydrogen) atoms. The van der Waals surface area contributed by atoms with Crippen LogP contribution in [0.1, 0.15) is 60.6 Å². The summed E-state index contributed by atoms with van der Waals surface area (Å²) in [6.07, 6.45) is 1.57. The van der Waals surface area contributed by atoms with E-state index in [4.69, 9.17) is 9.26 Å². The van der Waals surface area contributed by atoms with Gasteiger partial charge in [0.05, 0.1) is 11.3 Å². The first-order valence-electron chi connectivity index (χ1n) is 9.21. The number of amides is 2. The summed E-state index contributed by atoms with van der Waals surface area (Å²) in [5.41, 5.74) is 1.02. The average molecular weight is 370 g/mol. The Morgan fingerprint density at radius 1 is 1.30 bits per heavy atom. The fraction of sp³-hybridized carbons (Fsp3) is 0.474. The van der Waals surface area contributed by atoms with E-state index in [1.807, 2.05) is 18.7 Å². The normalized spacial score (nSPS) is 17.4. The second-order valence-electron chi connectivity index (χ2n) is 7.23. The molecule has 0 atom stereocenters. The van der Waals surface area contributed by atoms with Crippen molar-refractivity contribution in [3.05, 3.63) is 35.5 Å². The van der Waals surface area contributed by atoms with Crippen molar-refractivity contribution in [2.45, 2.75) is 38.5 Å². The number of carbonyl (C=O) groups excluding carboxylic acids is 2. The number of hydrogen-bond acceptors (Lipinski definition) is 6. The number of hydrogen-bond donors (Lipinski definition) is 1. The second kappa shape index (κ2) is 7.02. The lowest BCUT2D eigenvalue weighted by Crippen LogP contribution is -2.38.